The van der Waals surface area contributed by atoms with Crippen LogP contribution in [0.5, 0.6) is 0 Å². The minimum absolute atomic E-state index is 0.451. The highest BCUT2D eigenvalue weighted by Gasteiger charge is 2.02. The summed E-state index contributed by atoms with van der Waals surface area (Å²) >= 11 is 0. The van der Waals surface area contributed by atoms with E-state index in [2.05, 4.69) is 34.3 Å². The Labute approximate surface area is 107 Å². The van der Waals surface area contributed by atoms with Crippen molar-refractivity contribution in [1.29, 1.82) is 0 Å². The first-order valence-electron chi connectivity index (χ1n) is 6.22. The van der Waals surface area contributed by atoms with Crippen LogP contribution in [0.1, 0.15) is 25.2 Å². The largest absolute Gasteiger partial charge is 0.308 e. The van der Waals surface area contributed by atoms with Crippen molar-refractivity contribution in [3.05, 3.63) is 30.1 Å². The first-order chi connectivity index (χ1) is 8.63. The maximum atomic E-state index is 4.42. The molecule has 0 amide bonds. The Morgan fingerprint density at radius 1 is 1.39 bits per heavy atom. The molecule has 2 aromatic heterocycles. The second-order valence-corrected chi connectivity index (χ2v) is 4.73. The highest BCUT2D eigenvalue weighted by molar-refractivity contribution is 5.03. The molecule has 2 rings (SSSR count). The number of nitrogens with one attached hydrogen (secondary N) is 1. The molecule has 2 aromatic rings. The molecule has 0 saturated heterocycles. The Hall–Kier alpha value is -1.69. The second-order valence-electron chi connectivity index (χ2n) is 4.73. The zero-order chi connectivity index (χ0) is 13.0. The molecule has 0 aromatic carbocycles. The minimum atomic E-state index is 0.451. The topological polar surface area (TPSA) is 60.6 Å². The normalized spacial score (nSPS) is 11.3. The molecule has 98 valence electrons. The van der Waals surface area contributed by atoms with Gasteiger partial charge < -0.3 is 5.32 Å². The van der Waals surface area contributed by atoms with Crippen molar-refractivity contribution >= 4 is 0 Å². The summed E-state index contributed by atoms with van der Waals surface area (Å²) in [6.07, 6.45) is 6.62. The molecule has 1 N–H and O–H groups in total. The third-order valence-corrected chi connectivity index (χ3v) is 2.64. The molecule has 0 aliphatic rings. The van der Waals surface area contributed by atoms with Gasteiger partial charge in [0, 0.05) is 25.8 Å². The van der Waals surface area contributed by atoms with Crippen molar-refractivity contribution in [3.8, 4) is 0 Å². The van der Waals surface area contributed by atoms with Crippen LogP contribution in [0.4, 0.5) is 0 Å². The molecule has 0 aliphatic carbocycles. The summed E-state index contributed by atoms with van der Waals surface area (Å²) in [5.41, 5.74) is 1.22. The minimum Gasteiger partial charge on any atom is -0.308 e. The SMILES string of the molecule is CC(C)NCc1ncn(CCc2cnn(C)c2)n1. The van der Waals surface area contributed by atoms with Gasteiger partial charge in [-0.15, -0.1) is 0 Å². The fourth-order valence-electron chi connectivity index (χ4n) is 1.66. The van der Waals surface area contributed by atoms with Crippen LogP contribution in [0.3, 0.4) is 0 Å². The fourth-order valence-corrected chi connectivity index (χ4v) is 1.66. The lowest BCUT2D eigenvalue weighted by molar-refractivity contribution is 0.556. The maximum Gasteiger partial charge on any atom is 0.164 e. The molecule has 0 bridgehead atoms. The average molecular weight is 248 g/mol. The van der Waals surface area contributed by atoms with Crippen molar-refractivity contribution in [3.63, 3.8) is 0 Å². The van der Waals surface area contributed by atoms with Gasteiger partial charge in [0.25, 0.3) is 0 Å². The van der Waals surface area contributed by atoms with Gasteiger partial charge in [0.15, 0.2) is 5.82 Å². The Kier molecular flexibility index (Phi) is 4.09. The predicted octanol–water partition coefficient (Wildman–Crippen LogP) is 0.752. The molecule has 0 fully saturated rings. The van der Waals surface area contributed by atoms with E-state index in [1.165, 1.54) is 5.56 Å². The van der Waals surface area contributed by atoms with Crippen molar-refractivity contribution in [1.82, 2.24) is 29.9 Å². The lowest BCUT2D eigenvalue weighted by Gasteiger charge is -2.04. The molecule has 6 heteroatoms. The van der Waals surface area contributed by atoms with Gasteiger partial charge in [0.1, 0.15) is 6.33 Å². The predicted molar refractivity (Wildman–Crippen MR) is 68.9 cm³/mol. The Morgan fingerprint density at radius 3 is 2.89 bits per heavy atom. The Morgan fingerprint density at radius 2 is 2.22 bits per heavy atom. The lowest BCUT2D eigenvalue weighted by atomic mass is 10.2. The summed E-state index contributed by atoms with van der Waals surface area (Å²) in [5.74, 6) is 0.842. The molecular formula is C12H20N6. The molecule has 0 atom stereocenters. The Bertz CT molecular complexity index is 484. The first-order valence-corrected chi connectivity index (χ1v) is 6.22. The monoisotopic (exact) mass is 248 g/mol. The lowest BCUT2D eigenvalue weighted by Crippen LogP contribution is -2.22. The maximum absolute atomic E-state index is 4.42. The number of aryl methyl sites for hydroxylation is 3. The van der Waals surface area contributed by atoms with E-state index in [-0.39, 0.29) is 0 Å². The van der Waals surface area contributed by atoms with Crippen LogP contribution >= 0.6 is 0 Å². The van der Waals surface area contributed by atoms with Gasteiger partial charge in [0.2, 0.25) is 0 Å². The van der Waals surface area contributed by atoms with E-state index >= 15 is 0 Å². The number of aromatic nitrogens is 5. The zero-order valence-corrected chi connectivity index (χ0v) is 11.2. The Balaban J connectivity index is 1.83. The van der Waals surface area contributed by atoms with Crippen LogP contribution in [-0.4, -0.2) is 30.6 Å². The van der Waals surface area contributed by atoms with E-state index in [0.717, 1.165) is 25.3 Å². The van der Waals surface area contributed by atoms with Gasteiger partial charge in [-0.3, -0.25) is 9.36 Å². The van der Waals surface area contributed by atoms with Crippen LogP contribution in [-0.2, 0) is 26.6 Å². The molecule has 0 spiro atoms. The van der Waals surface area contributed by atoms with Gasteiger partial charge >= 0.3 is 0 Å². The van der Waals surface area contributed by atoms with Crippen LogP contribution in [0, 0.1) is 0 Å². The van der Waals surface area contributed by atoms with E-state index in [1.54, 1.807) is 6.33 Å². The van der Waals surface area contributed by atoms with Crippen LogP contribution in [0.25, 0.3) is 0 Å². The van der Waals surface area contributed by atoms with Gasteiger partial charge in [-0.1, -0.05) is 13.8 Å². The summed E-state index contributed by atoms with van der Waals surface area (Å²) in [6.45, 7) is 5.77. The van der Waals surface area contributed by atoms with E-state index in [9.17, 15) is 0 Å². The van der Waals surface area contributed by atoms with E-state index in [4.69, 9.17) is 0 Å². The van der Waals surface area contributed by atoms with Crippen LogP contribution in [0.2, 0.25) is 0 Å². The summed E-state index contributed by atoms with van der Waals surface area (Å²) < 4.78 is 3.69. The number of hydrogen-bond donors (Lipinski definition) is 1. The molecule has 18 heavy (non-hydrogen) atoms. The average Bonchev–Trinajstić information content (AvgIpc) is 2.93. The summed E-state index contributed by atoms with van der Waals surface area (Å²) in [5, 5.41) is 11.9. The van der Waals surface area contributed by atoms with Crippen molar-refractivity contribution in [2.75, 3.05) is 0 Å². The van der Waals surface area contributed by atoms with Gasteiger partial charge in [-0.2, -0.15) is 10.2 Å². The highest BCUT2D eigenvalue weighted by atomic mass is 15.3. The van der Waals surface area contributed by atoms with Gasteiger partial charge in [-0.25, -0.2) is 4.98 Å². The van der Waals surface area contributed by atoms with Crippen molar-refractivity contribution in [2.45, 2.75) is 39.4 Å². The summed E-state index contributed by atoms with van der Waals surface area (Å²) in [4.78, 5) is 4.27. The third-order valence-electron chi connectivity index (χ3n) is 2.64. The molecule has 0 radical (unpaired) electrons. The van der Waals surface area contributed by atoms with E-state index in [0.29, 0.717) is 6.04 Å². The highest BCUT2D eigenvalue weighted by Crippen LogP contribution is 2.00. The van der Waals surface area contributed by atoms with E-state index in [1.807, 2.05) is 28.8 Å². The molecular weight excluding hydrogens is 228 g/mol. The molecule has 2 heterocycles. The summed E-state index contributed by atoms with van der Waals surface area (Å²) in [7, 11) is 1.93. The third kappa shape index (κ3) is 3.66. The summed E-state index contributed by atoms with van der Waals surface area (Å²) in [6, 6.07) is 0.451. The fraction of sp³-hybridized carbons (Fsp3) is 0.583. The quantitative estimate of drug-likeness (QED) is 0.819. The second kappa shape index (κ2) is 5.77. The number of nitrogens with zero attached hydrogens (tertiary/aromatic N) is 5. The number of hydrogen-bond acceptors (Lipinski definition) is 4. The van der Waals surface area contributed by atoms with Crippen LogP contribution < -0.4 is 5.32 Å². The molecule has 6 nitrogen and oxygen atoms in total. The molecule has 0 unspecified atom stereocenters. The zero-order valence-electron chi connectivity index (χ0n) is 11.2. The molecule has 0 saturated carbocycles. The first kappa shape index (κ1) is 12.8. The van der Waals surface area contributed by atoms with E-state index < -0.39 is 0 Å². The van der Waals surface area contributed by atoms with Crippen molar-refractivity contribution in [2.24, 2.45) is 7.05 Å². The van der Waals surface area contributed by atoms with Crippen molar-refractivity contribution < 1.29 is 0 Å². The van der Waals surface area contributed by atoms with Gasteiger partial charge in [-0.05, 0) is 12.0 Å². The number of rotatable bonds is 6. The van der Waals surface area contributed by atoms with Crippen LogP contribution in [0.15, 0.2) is 18.7 Å². The molecule has 0 aliphatic heterocycles. The smallest absolute Gasteiger partial charge is 0.164 e. The standard InChI is InChI=1S/C12H20N6/c1-10(2)13-7-12-14-9-18(16-12)5-4-11-6-15-17(3)8-11/h6,8-10,13H,4-5,7H2,1-3H3. The van der Waals surface area contributed by atoms with Gasteiger partial charge in [0.05, 0.1) is 12.7 Å².